The zero-order chi connectivity index (χ0) is 20.6. The number of nitrogens with zero attached hydrogens (tertiary/aromatic N) is 2. The predicted molar refractivity (Wildman–Crippen MR) is 124 cm³/mol. The van der Waals surface area contributed by atoms with E-state index in [-0.39, 0.29) is 0 Å². The van der Waals surface area contributed by atoms with E-state index in [0.29, 0.717) is 0 Å². The molecule has 1 aromatic rings. The van der Waals surface area contributed by atoms with Gasteiger partial charge in [-0.3, -0.25) is 4.90 Å². The summed E-state index contributed by atoms with van der Waals surface area (Å²) < 4.78 is 11.8. The Bertz CT molecular complexity index is 835. The summed E-state index contributed by atoms with van der Waals surface area (Å²) in [5.74, 6) is 2.90. The Hall–Kier alpha value is -2.11. The fraction of sp³-hybridized carbons (Fsp3) is 0.440. The Balaban J connectivity index is 1.13. The number of piperazine rings is 1. The Morgan fingerprint density at radius 3 is 2.70 bits per heavy atom. The van der Waals surface area contributed by atoms with Gasteiger partial charge in [0, 0.05) is 37.5 Å². The van der Waals surface area contributed by atoms with Gasteiger partial charge in [0.1, 0.15) is 12.0 Å². The molecule has 0 bridgehead atoms. The van der Waals surface area contributed by atoms with Gasteiger partial charge in [0.25, 0.3) is 0 Å². The van der Waals surface area contributed by atoms with Gasteiger partial charge in [-0.1, -0.05) is 41.5 Å². The molecule has 0 unspecified atom stereocenters. The van der Waals surface area contributed by atoms with Crippen molar-refractivity contribution in [2.45, 2.75) is 37.5 Å². The van der Waals surface area contributed by atoms with Crippen molar-refractivity contribution in [3.8, 4) is 0 Å². The molecule has 0 radical (unpaired) electrons. The summed E-state index contributed by atoms with van der Waals surface area (Å²) in [5.41, 5.74) is 2.74. The number of rotatable bonds is 8. The van der Waals surface area contributed by atoms with Crippen molar-refractivity contribution in [1.82, 2.24) is 9.80 Å². The summed E-state index contributed by atoms with van der Waals surface area (Å²) in [7, 11) is 0. The summed E-state index contributed by atoms with van der Waals surface area (Å²) >= 11 is 1.96. The van der Waals surface area contributed by atoms with Crippen LogP contribution in [0.25, 0.3) is 0 Å². The molecule has 2 aliphatic heterocycles. The molecule has 1 aliphatic carbocycles. The smallest absolute Gasteiger partial charge is 0.231 e. The molecule has 1 saturated heterocycles. The first-order valence-electron chi connectivity index (χ1n) is 11.0. The molecule has 160 valence electrons. The molecule has 4 nitrogen and oxygen atoms in total. The van der Waals surface area contributed by atoms with Crippen molar-refractivity contribution in [2.75, 3.05) is 38.5 Å². The van der Waals surface area contributed by atoms with Gasteiger partial charge in [-0.15, -0.1) is 11.8 Å². The number of hydrogen-bond acceptors (Lipinski definition) is 5. The Labute approximate surface area is 184 Å². The Morgan fingerprint density at radius 2 is 1.97 bits per heavy atom. The number of ether oxygens (including phenoxy) is 2. The molecular formula is C25H32N2O2S. The van der Waals surface area contributed by atoms with E-state index in [9.17, 15) is 0 Å². The highest BCUT2D eigenvalue weighted by Crippen LogP contribution is 2.25. The fourth-order valence-electron chi connectivity index (χ4n) is 3.94. The topological polar surface area (TPSA) is 24.9 Å². The molecule has 0 aromatic heterocycles. The first kappa shape index (κ1) is 21.1. The first-order valence-corrected chi connectivity index (χ1v) is 12.0. The van der Waals surface area contributed by atoms with Gasteiger partial charge >= 0.3 is 0 Å². The van der Waals surface area contributed by atoms with Crippen molar-refractivity contribution in [1.29, 1.82) is 0 Å². The molecule has 0 N–H and O–H groups in total. The van der Waals surface area contributed by atoms with Gasteiger partial charge in [-0.2, -0.15) is 0 Å². The second-order valence-corrected chi connectivity index (χ2v) is 9.26. The zero-order valence-corrected chi connectivity index (χ0v) is 18.7. The van der Waals surface area contributed by atoms with Crippen LogP contribution in [0.5, 0.6) is 0 Å². The van der Waals surface area contributed by atoms with Crippen LogP contribution >= 0.6 is 11.8 Å². The average Bonchev–Trinajstić information content (AvgIpc) is 2.79. The van der Waals surface area contributed by atoms with Crippen LogP contribution in [0.1, 0.15) is 31.2 Å². The van der Waals surface area contributed by atoms with Crippen LogP contribution in [0.3, 0.4) is 0 Å². The molecular weight excluding hydrogens is 392 g/mol. The second kappa shape index (κ2) is 10.8. The van der Waals surface area contributed by atoms with Crippen LogP contribution in [0, 0.1) is 6.92 Å². The minimum atomic E-state index is 0.836. The molecule has 0 amide bonds. The highest BCUT2D eigenvalue weighted by atomic mass is 32.2. The summed E-state index contributed by atoms with van der Waals surface area (Å²) in [5, 5.41) is 0. The predicted octanol–water partition coefficient (Wildman–Crippen LogP) is 5.45. The zero-order valence-electron chi connectivity index (χ0n) is 17.9. The van der Waals surface area contributed by atoms with E-state index in [1.165, 1.54) is 28.2 Å². The van der Waals surface area contributed by atoms with Crippen LogP contribution < -0.4 is 0 Å². The standard InChI is InChI=1S/C25H32N2O2S/c1-21-7-5-10-24(17-21)30-16-6-11-26-12-14-27(15-13-26)25-20-28-23(19-29-25)18-22-8-3-2-4-9-22/h2-3,5,7-8,10,17,19-20H,4,6,9,11-16,18H2,1H3. The molecule has 4 rings (SSSR count). The first-order chi connectivity index (χ1) is 14.8. The van der Waals surface area contributed by atoms with Gasteiger partial charge in [-0.05, 0) is 50.6 Å². The number of hydrogen-bond donors (Lipinski definition) is 0. The molecule has 1 aromatic carbocycles. The quantitative estimate of drug-likeness (QED) is 0.408. The van der Waals surface area contributed by atoms with Crippen LogP contribution in [0.15, 0.2) is 77.1 Å². The van der Waals surface area contributed by atoms with E-state index in [1.807, 2.05) is 11.8 Å². The van der Waals surface area contributed by atoms with E-state index < -0.39 is 0 Å². The molecule has 1 fully saturated rings. The lowest BCUT2D eigenvalue weighted by Crippen LogP contribution is -2.46. The third-order valence-corrected chi connectivity index (χ3v) is 6.76. The summed E-state index contributed by atoms with van der Waals surface area (Å²) in [6.07, 6.45) is 14.4. The van der Waals surface area contributed by atoms with Crippen LogP contribution in [0.2, 0.25) is 0 Å². The maximum absolute atomic E-state index is 5.90. The Morgan fingerprint density at radius 1 is 1.07 bits per heavy atom. The minimum absolute atomic E-state index is 0.836. The number of thioether (sulfide) groups is 1. The molecule has 0 atom stereocenters. The number of allylic oxidation sites excluding steroid dienone is 4. The highest BCUT2D eigenvalue weighted by molar-refractivity contribution is 7.99. The number of aryl methyl sites for hydroxylation is 1. The van der Waals surface area contributed by atoms with Crippen molar-refractivity contribution >= 4 is 11.8 Å². The SMILES string of the molecule is Cc1cccc(SCCCN2CCN(C3=COC(CC4=CC=CCC4)=CO3)CC2)c1. The normalized spacial score (nSPS) is 19.5. The van der Waals surface area contributed by atoms with Crippen molar-refractivity contribution in [2.24, 2.45) is 0 Å². The van der Waals surface area contributed by atoms with E-state index in [0.717, 1.165) is 63.6 Å². The molecule has 0 spiro atoms. The van der Waals surface area contributed by atoms with Crippen molar-refractivity contribution < 1.29 is 9.47 Å². The maximum Gasteiger partial charge on any atom is 0.231 e. The summed E-state index contributed by atoms with van der Waals surface area (Å²) in [4.78, 5) is 6.22. The van der Waals surface area contributed by atoms with E-state index in [4.69, 9.17) is 9.47 Å². The van der Waals surface area contributed by atoms with Crippen LogP contribution in [-0.4, -0.2) is 48.3 Å². The summed E-state index contributed by atoms with van der Waals surface area (Å²) in [6, 6.07) is 8.78. The van der Waals surface area contributed by atoms with Gasteiger partial charge in [0.2, 0.25) is 5.88 Å². The molecule has 3 aliphatic rings. The largest absolute Gasteiger partial charge is 0.460 e. The lowest BCUT2D eigenvalue weighted by atomic mass is 10.0. The van der Waals surface area contributed by atoms with E-state index >= 15 is 0 Å². The van der Waals surface area contributed by atoms with Crippen LogP contribution in [0.4, 0.5) is 0 Å². The van der Waals surface area contributed by atoms with Crippen LogP contribution in [-0.2, 0) is 9.47 Å². The van der Waals surface area contributed by atoms with Gasteiger partial charge in [0.15, 0.2) is 6.26 Å². The van der Waals surface area contributed by atoms with Gasteiger partial charge in [-0.25, -0.2) is 0 Å². The Kier molecular flexibility index (Phi) is 7.59. The lowest BCUT2D eigenvalue weighted by Gasteiger charge is -2.36. The monoisotopic (exact) mass is 424 g/mol. The molecule has 5 heteroatoms. The van der Waals surface area contributed by atoms with Gasteiger partial charge in [0.05, 0.1) is 0 Å². The summed E-state index contributed by atoms with van der Waals surface area (Å²) in [6.45, 7) is 7.44. The second-order valence-electron chi connectivity index (χ2n) is 8.09. The van der Waals surface area contributed by atoms with Crippen molar-refractivity contribution in [3.63, 3.8) is 0 Å². The molecule has 30 heavy (non-hydrogen) atoms. The number of benzene rings is 1. The van der Waals surface area contributed by atoms with Gasteiger partial charge < -0.3 is 14.4 Å². The molecule has 2 heterocycles. The third kappa shape index (κ3) is 6.19. The average molecular weight is 425 g/mol. The highest BCUT2D eigenvalue weighted by Gasteiger charge is 2.22. The fourth-order valence-corrected chi connectivity index (χ4v) is 4.89. The maximum atomic E-state index is 5.90. The molecule has 0 saturated carbocycles. The minimum Gasteiger partial charge on any atom is -0.460 e. The van der Waals surface area contributed by atoms with E-state index in [2.05, 4.69) is 59.2 Å². The third-order valence-electron chi connectivity index (χ3n) is 5.68. The van der Waals surface area contributed by atoms with Crippen molar-refractivity contribution in [3.05, 3.63) is 77.8 Å². The van der Waals surface area contributed by atoms with E-state index in [1.54, 1.807) is 12.5 Å². The lowest BCUT2D eigenvalue weighted by molar-refractivity contribution is 0.0830.